The highest BCUT2D eigenvalue weighted by Gasteiger charge is 2.19. The van der Waals surface area contributed by atoms with Crippen LogP contribution in [0.25, 0.3) is 0 Å². The van der Waals surface area contributed by atoms with E-state index >= 15 is 0 Å². The van der Waals surface area contributed by atoms with Gasteiger partial charge in [0.1, 0.15) is 13.2 Å². The second-order valence-electron chi connectivity index (χ2n) is 21.6. The van der Waals surface area contributed by atoms with Gasteiger partial charge in [-0.15, -0.1) is 0 Å². The molecule has 6 heteroatoms. The average molecular weight is 1110 g/mol. The van der Waals surface area contributed by atoms with Crippen LogP contribution >= 0.6 is 0 Å². The number of unbranched alkanes of at least 4 members (excludes halogenated alkanes) is 26. The largest absolute Gasteiger partial charge is 0.462 e. The zero-order valence-corrected chi connectivity index (χ0v) is 52.0. The van der Waals surface area contributed by atoms with Crippen molar-refractivity contribution in [1.82, 2.24) is 0 Å². The predicted octanol–water partition coefficient (Wildman–Crippen LogP) is 22.9. The zero-order chi connectivity index (χ0) is 57.8. The van der Waals surface area contributed by atoms with Crippen molar-refractivity contribution >= 4 is 17.9 Å². The minimum Gasteiger partial charge on any atom is -0.462 e. The molecule has 6 nitrogen and oxygen atoms in total. The fourth-order valence-corrected chi connectivity index (χ4v) is 9.00. The Morgan fingerprint density at radius 2 is 0.487 bits per heavy atom. The lowest BCUT2D eigenvalue weighted by molar-refractivity contribution is -0.167. The molecule has 0 N–H and O–H groups in total. The van der Waals surface area contributed by atoms with E-state index in [2.05, 4.69) is 154 Å². The molecule has 454 valence electrons. The average Bonchev–Trinajstić information content (AvgIpc) is 3.46. The Bertz CT molecular complexity index is 1700. The topological polar surface area (TPSA) is 78.9 Å². The molecule has 1 atom stereocenters. The molecule has 0 aromatic carbocycles. The highest BCUT2D eigenvalue weighted by Crippen LogP contribution is 2.16. The van der Waals surface area contributed by atoms with Gasteiger partial charge in [-0.3, -0.25) is 14.4 Å². The highest BCUT2D eigenvalue weighted by atomic mass is 16.6. The first kappa shape index (κ1) is 75.5. The van der Waals surface area contributed by atoms with Crippen molar-refractivity contribution in [3.05, 3.63) is 134 Å². The number of ether oxygens (including phenoxy) is 3. The van der Waals surface area contributed by atoms with Gasteiger partial charge < -0.3 is 14.2 Å². The minimum atomic E-state index is -0.800. The van der Waals surface area contributed by atoms with Gasteiger partial charge in [0.2, 0.25) is 0 Å². The summed E-state index contributed by atoms with van der Waals surface area (Å²) in [5.41, 5.74) is 0. The number of allylic oxidation sites excluding steroid dienone is 22. The Hall–Kier alpha value is -4.45. The number of carbonyl (C=O) groups is 3. The fraction of sp³-hybridized carbons (Fsp3) is 0.662. The maximum atomic E-state index is 12.8. The van der Waals surface area contributed by atoms with E-state index in [9.17, 15) is 14.4 Å². The van der Waals surface area contributed by atoms with Crippen LogP contribution in [-0.2, 0) is 28.6 Å². The van der Waals surface area contributed by atoms with Crippen LogP contribution in [-0.4, -0.2) is 37.2 Å². The summed E-state index contributed by atoms with van der Waals surface area (Å²) in [6.07, 6.45) is 95.2. The van der Waals surface area contributed by atoms with E-state index in [0.717, 1.165) is 122 Å². The summed E-state index contributed by atoms with van der Waals surface area (Å²) in [6.45, 7) is 6.32. The smallest absolute Gasteiger partial charge is 0.306 e. The van der Waals surface area contributed by atoms with Crippen LogP contribution in [0.3, 0.4) is 0 Å². The molecule has 80 heavy (non-hydrogen) atoms. The molecule has 0 fully saturated rings. The first-order valence-corrected chi connectivity index (χ1v) is 33.2. The third-order valence-electron chi connectivity index (χ3n) is 13.9. The van der Waals surface area contributed by atoms with Crippen LogP contribution < -0.4 is 0 Å². The molecule has 0 heterocycles. The lowest BCUT2D eigenvalue weighted by Crippen LogP contribution is -2.30. The Labute approximate surface area is 494 Å². The Balaban J connectivity index is 4.05. The van der Waals surface area contributed by atoms with E-state index < -0.39 is 6.10 Å². The first-order chi connectivity index (χ1) is 39.5. The van der Waals surface area contributed by atoms with Gasteiger partial charge in [-0.25, -0.2) is 0 Å². The van der Waals surface area contributed by atoms with Crippen LogP contribution in [0.2, 0.25) is 0 Å². The van der Waals surface area contributed by atoms with Crippen LogP contribution in [0.1, 0.15) is 297 Å². The van der Waals surface area contributed by atoms with E-state index in [4.69, 9.17) is 14.2 Å². The van der Waals surface area contributed by atoms with Gasteiger partial charge in [-0.05, 0) is 116 Å². The maximum absolute atomic E-state index is 12.8. The number of hydrogen-bond donors (Lipinski definition) is 0. The lowest BCUT2D eigenvalue weighted by Gasteiger charge is -2.18. The first-order valence-electron chi connectivity index (χ1n) is 33.2. The van der Waals surface area contributed by atoms with Crippen molar-refractivity contribution in [1.29, 1.82) is 0 Å². The van der Waals surface area contributed by atoms with Crippen molar-refractivity contribution in [3.8, 4) is 0 Å². The molecule has 0 aliphatic rings. The summed E-state index contributed by atoms with van der Waals surface area (Å²) in [6, 6.07) is 0. The van der Waals surface area contributed by atoms with Crippen molar-refractivity contribution in [2.75, 3.05) is 13.2 Å². The second kappa shape index (κ2) is 67.1. The van der Waals surface area contributed by atoms with Gasteiger partial charge in [-0.1, -0.05) is 296 Å². The van der Waals surface area contributed by atoms with Gasteiger partial charge in [0, 0.05) is 19.3 Å². The van der Waals surface area contributed by atoms with Crippen molar-refractivity contribution in [2.45, 2.75) is 303 Å². The molecular formula is C74H122O6. The van der Waals surface area contributed by atoms with E-state index in [1.165, 1.54) is 128 Å². The van der Waals surface area contributed by atoms with E-state index in [-0.39, 0.29) is 37.5 Å². The maximum Gasteiger partial charge on any atom is 0.306 e. The molecule has 0 aliphatic heterocycles. The number of carbonyl (C=O) groups excluding carboxylic acids is 3. The molecule has 0 radical (unpaired) electrons. The monoisotopic (exact) mass is 1110 g/mol. The summed E-state index contributed by atoms with van der Waals surface area (Å²) in [4.78, 5) is 38.0. The molecule has 0 rings (SSSR count). The summed E-state index contributed by atoms with van der Waals surface area (Å²) in [5, 5.41) is 0. The lowest BCUT2D eigenvalue weighted by atomic mass is 10.0. The van der Waals surface area contributed by atoms with Crippen LogP contribution in [0, 0.1) is 0 Å². The molecule has 1 unspecified atom stereocenters. The van der Waals surface area contributed by atoms with Crippen LogP contribution in [0.4, 0.5) is 0 Å². The third-order valence-corrected chi connectivity index (χ3v) is 13.9. The molecule has 0 bridgehead atoms. The van der Waals surface area contributed by atoms with Gasteiger partial charge >= 0.3 is 17.9 Å². The second-order valence-corrected chi connectivity index (χ2v) is 21.6. The Morgan fingerprint density at radius 3 is 0.787 bits per heavy atom. The highest BCUT2D eigenvalue weighted by molar-refractivity contribution is 5.71. The van der Waals surface area contributed by atoms with Gasteiger partial charge in [-0.2, -0.15) is 0 Å². The molecule has 0 saturated heterocycles. The third kappa shape index (κ3) is 64.4. The van der Waals surface area contributed by atoms with Crippen molar-refractivity contribution < 1.29 is 28.6 Å². The minimum absolute atomic E-state index is 0.0955. The van der Waals surface area contributed by atoms with E-state index in [0.29, 0.717) is 19.3 Å². The Kier molecular flexibility index (Phi) is 63.3. The molecule has 0 spiro atoms. The summed E-state index contributed by atoms with van der Waals surface area (Å²) in [5.74, 6) is -0.945. The quantitative estimate of drug-likeness (QED) is 0.0261. The molecule has 0 amide bonds. The summed E-state index contributed by atoms with van der Waals surface area (Å²) < 4.78 is 16.8. The Morgan fingerprint density at radius 1 is 0.263 bits per heavy atom. The number of rotatable bonds is 59. The molecule has 0 aromatic heterocycles. The summed E-state index contributed by atoms with van der Waals surface area (Å²) >= 11 is 0. The SMILES string of the molecule is CC/C=C\C/C=C\C/C=C\C/C=C\C/C=C\C/C=C\CCCCC(=O)OC(COC(=O)CCCCCCCC)COC(=O)CCCCCCCCCCCCCCCCCCCCC/C=C\C/C=C\C/C=C\C/C=C\C/C=C\CC. The number of hydrogen-bond acceptors (Lipinski definition) is 6. The van der Waals surface area contributed by atoms with E-state index in [1.807, 2.05) is 0 Å². The van der Waals surface area contributed by atoms with Gasteiger partial charge in [0.05, 0.1) is 0 Å². The van der Waals surface area contributed by atoms with Crippen LogP contribution in [0.5, 0.6) is 0 Å². The fourth-order valence-electron chi connectivity index (χ4n) is 9.00. The van der Waals surface area contributed by atoms with Crippen molar-refractivity contribution in [2.24, 2.45) is 0 Å². The zero-order valence-electron chi connectivity index (χ0n) is 52.0. The van der Waals surface area contributed by atoms with E-state index in [1.54, 1.807) is 0 Å². The molecule has 0 aromatic rings. The summed E-state index contributed by atoms with van der Waals surface area (Å²) in [7, 11) is 0. The van der Waals surface area contributed by atoms with Crippen molar-refractivity contribution in [3.63, 3.8) is 0 Å². The standard InChI is InChI=1S/C74H122O6/c1-4-7-10-13-16-18-20-22-24-26-28-30-31-32-33-34-35-36-37-38-39-40-41-42-43-45-46-48-50-52-54-56-58-61-64-67-73(76)79-70-71(69-78-72(75)66-63-60-15-12-9-6-3)80-74(77)68-65-62-59-57-55-53-51-49-47-44-29-27-25-23-21-19-17-14-11-8-5-2/h7-8,10-11,16-19,22-25,28-30,32-33,44,49,51,55,57,71H,4-6,9,12-15,20-21,26-27,31,34-43,45-48,50,52-54,56,58-70H2,1-3H3/b10-7-,11-8-,18-16-,19-17-,24-22-,25-23-,30-28-,33-32-,44-29-,51-49-,57-55-. The van der Waals surface area contributed by atoms with Gasteiger partial charge in [0.15, 0.2) is 6.10 Å². The van der Waals surface area contributed by atoms with Crippen LogP contribution in [0.15, 0.2) is 134 Å². The van der Waals surface area contributed by atoms with Gasteiger partial charge in [0.25, 0.3) is 0 Å². The number of esters is 3. The predicted molar refractivity (Wildman–Crippen MR) is 348 cm³/mol. The molecule has 0 aliphatic carbocycles. The molecule has 0 saturated carbocycles. The molecular weight excluding hydrogens is 985 g/mol. The normalized spacial score (nSPS) is 13.0.